The molecular formula is C26H29N5O3. The van der Waals surface area contributed by atoms with Crippen LogP contribution < -0.4 is 4.90 Å². The number of carbonyl (C=O) groups is 1. The summed E-state index contributed by atoms with van der Waals surface area (Å²) in [5, 5.41) is 9.51. The van der Waals surface area contributed by atoms with Crippen LogP contribution in [0.25, 0.3) is 11.7 Å². The molecule has 1 amide bonds. The van der Waals surface area contributed by atoms with Gasteiger partial charge in [-0.3, -0.25) is 9.69 Å². The maximum Gasteiger partial charge on any atom is 0.266 e. The van der Waals surface area contributed by atoms with Crippen molar-refractivity contribution in [2.24, 2.45) is 5.92 Å². The van der Waals surface area contributed by atoms with Gasteiger partial charge in [0.05, 0.1) is 6.26 Å². The largest absolute Gasteiger partial charge is 0.459 e. The first-order valence-electron chi connectivity index (χ1n) is 11.9. The monoisotopic (exact) mass is 459 g/mol. The molecule has 3 aromatic rings. The first-order chi connectivity index (χ1) is 16.6. The van der Waals surface area contributed by atoms with Crippen LogP contribution in [0.15, 0.2) is 51.5 Å². The second-order valence-electron chi connectivity index (χ2n) is 9.05. The van der Waals surface area contributed by atoms with Crippen molar-refractivity contribution in [3.8, 4) is 17.7 Å². The molecule has 0 bridgehead atoms. The summed E-state index contributed by atoms with van der Waals surface area (Å²) in [6.45, 7) is 7.76. The number of carbonyl (C=O) groups excluding carboxylic acids is 1. The molecule has 0 spiro atoms. The standard InChI is InChI=1S/C26H29N5O3/c1-19-5-2-3-6-21(19)18-29-12-14-30(15-13-29)25(32)20-8-10-31(11-9-20)26-22(17-27)28-24(34-26)23-7-4-16-33-23/h2-7,16,20H,8-15,18H2,1H3. The summed E-state index contributed by atoms with van der Waals surface area (Å²) in [5.41, 5.74) is 2.92. The Balaban J connectivity index is 1.14. The van der Waals surface area contributed by atoms with E-state index in [1.807, 2.05) is 9.80 Å². The van der Waals surface area contributed by atoms with Gasteiger partial charge in [-0.15, -0.1) is 0 Å². The van der Waals surface area contributed by atoms with Crippen molar-refractivity contribution < 1.29 is 13.6 Å². The molecule has 0 radical (unpaired) electrons. The van der Waals surface area contributed by atoms with Crippen molar-refractivity contribution in [1.82, 2.24) is 14.8 Å². The lowest BCUT2D eigenvalue weighted by Crippen LogP contribution is -2.51. The van der Waals surface area contributed by atoms with Crippen molar-refractivity contribution in [3.63, 3.8) is 0 Å². The Hall–Kier alpha value is -3.57. The molecule has 0 atom stereocenters. The molecule has 8 nitrogen and oxygen atoms in total. The summed E-state index contributed by atoms with van der Waals surface area (Å²) in [7, 11) is 0. The number of nitrogens with zero attached hydrogens (tertiary/aromatic N) is 5. The van der Waals surface area contributed by atoms with Crippen molar-refractivity contribution >= 4 is 11.8 Å². The van der Waals surface area contributed by atoms with Gasteiger partial charge in [0.25, 0.3) is 5.89 Å². The molecule has 2 aliphatic rings. The predicted molar refractivity (Wildman–Crippen MR) is 127 cm³/mol. The summed E-state index contributed by atoms with van der Waals surface area (Å²) in [5.74, 6) is 1.53. The minimum absolute atomic E-state index is 0.0113. The molecule has 2 aliphatic heterocycles. The minimum atomic E-state index is 0.0113. The van der Waals surface area contributed by atoms with Crippen LogP contribution in [0.3, 0.4) is 0 Å². The van der Waals surface area contributed by atoms with Crippen LogP contribution in [0.2, 0.25) is 0 Å². The molecule has 0 unspecified atom stereocenters. The molecule has 1 aromatic carbocycles. The van der Waals surface area contributed by atoms with E-state index < -0.39 is 0 Å². The molecule has 5 rings (SSSR count). The third-order valence-electron chi connectivity index (χ3n) is 6.92. The number of nitriles is 1. The van der Waals surface area contributed by atoms with Crippen LogP contribution in [0.1, 0.15) is 29.7 Å². The Kier molecular flexibility index (Phi) is 6.37. The summed E-state index contributed by atoms with van der Waals surface area (Å²) in [4.78, 5) is 23.9. The average Bonchev–Trinajstić information content (AvgIpc) is 3.56. The third kappa shape index (κ3) is 4.57. The Labute approximate surface area is 199 Å². The Morgan fingerprint density at radius 2 is 1.85 bits per heavy atom. The highest BCUT2D eigenvalue weighted by Crippen LogP contribution is 2.31. The van der Waals surface area contributed by atoms with Gasteiger partial charge in [-0.05, 0) is 43.0 Å². The fraction of sp³-hybridized carbons (Fsp3) is 0.423. The molecule has 176 valence electrons. The number of oxazole rings is 1. The summed E-state index contributed by atoms with van der Waals surface area (Å²) >= 11 is 0. The predicted octanol–water partition coefficient (Wildman–Crippen LogP) is 3.68. The van der Waals surface area contributed by atoms with Gasteiger partial charge in [-0.2, -0.15) is 10.2 Å². The number of anilines is 1. The van der Waals surface area contributed by atoms with Crippen LogP contribution in [0.4, 0.5) is 5.88 Å². The van der Waals surface area contributed by atoms with Crippen molar-refractivity contribution in [2.75, 3.05) is 44.2 Å². The van der Waals surface area contributed by atoms with Gasteiger partial charge < -0.3 is 18.6 Å². The van der Waals surface area contributed by atoms with E-state index in [-0.39, 0.29) is 17.5 Å². The molecule has 0 aliphatic carbocycles. The lowest BCUT2D eigenvalue weighted by atomic mass is 9.95. The fourth-order valence-electron chi connectivity index (χ4n) is 4.85. The van der Waals surface area contributed by atoms with E-state index in [9.17, 15) is 10.1 Å². The van der Waals surface area contributed by atoms with Gasteiger partial charge in [-0.1, -0.05) is 24.3 Å². The number of hydrogen-bond acceptors (Lipinski definition) is 7. The van der Waals surface area contributed by atoms with Crippen LogP contribution in [0.5, 0.6) is 0 Å². The third-order valence-corrected chi connectivity index (χ3v) is 6.92. The summed E-state index contributed by atoms with van der Waals surface area (Å²) < 4.78 is 11.2. The van der Waals surface area contributed by atoms with Crippen molar-refractivity contribution in [1.29, 1.82) is 5.26 Å². The number of rotatable bonds is 5. The van der Waals surface area contributed by atoms with Gasteiger partial charge in [0.1, 0.15) is 6.07 Å². The first kappa shape index (κ1) is 22.2. The zero-order valence-corrected chi connectivity index (χ0v) is 19.4. The Morgan fingerprint density at radius 1 is 1.09 bits per heavy atom. The second kappa shape index (κ2) is 9.74. The van der Waals surface area contributed by atoms with E-state index in [0.717, 1.165) is 45.6 Å². The van der Waals surface area contributed by atoms with E-state index in [1.165, 1.54) is 11.1 Å². The lowest BCUT2D eigenvalue weighted by Gasteiger charge is -2.38. The van der Waals surface area contributed by atoms with Crippen LogP contribution in [-0.4, -0.2) is 60.0 Å². The number of hydrogen-bond donors (Lipinski definition) is 0. The normalized spacial score (nSPS) is 17.6. The highest BCUT2D eigenvalue weighted by Gasteiger charge is 2.32. The van der Waals surface area contributed by atoms with Gasteiger partial charge >= 0.3 is 0 Å². The van der Waals surface area contributed by atoms with Crippen LogP contribution in [-0.2, 0) is 11.3 Å². The Bertz CT molecular complexity index is 1160. The number of benzene rings is 1. The van der Waals surface area contributed by atoms with E-state index >= 15 is 0 Å². The SMILES string of the molecule is Cc1ccccc1CN1CCN(C(=O)C2CCN(c3oc(-c4ccco4)nc3C#N)CC2)CC1. The highest BCUT2D eigenvalue weighted by molar-refractivity contribution is 5.79. The fourth-order valence-corrected chi connectivity index (χ4v) is 4.85. The minimum Gasteiger partial charge on any atom is -0.459 e. The number of aryl methyl sites for hydroxylation is 1. The number of furan rings is 1. The molecular weight excluding hydrogens is 430 g/mol. The maximum absolute atomic E-state index is 13.2. The van der Waals surface area contributed by atoms with E-state index in [4.69, 9.17) is 8.83 Å². The van der Waals surface area contributed by atoms with E-state index in [1.54, 1.807) is 18.4 Å². The van der Waals surface area contributed by atoms with Crippen LogP contribution >= 0.6 is 0 Å². The summed E-state index contributed by atoms with van der Waals surface area (Å²) in [6.07, 6.45) is 3.03. The molecule has 0 saturated carbocycles. The first-order valence-corrected chi connectivity index (χ1v) is 11.9. The maximum atomic E-state index is 13.2. The lowest BCUT2D eigenvalue weighted by molar-refractivity contribution is -0.138. The molecule has 8 heteroatoms. The van der Waals surface area contributed by atoms with Gasteiger partial charge in [0, 0.05) is 51.7 Å². The average molecular weight is 460 g/mol. The van der Waals surface area contributed by atoms with Crippen molar-refractivity contribution in [3.05, 3.63) is 59.5 Å². The second-order valence-corrected chi connectivity index (χ2v) is 9.05. The quantitative estimate of drug-likeness (QED) is 0.575. The number of aromatic nitrogens is 1. The number of piperazine rings is 1. The van der Waals surface area contributed by atoms with E-state index in [2.05, 4.69) is 47.1 Å². The van der Waals surface area contributed by atoms with E-state index in [0.29, 0.717) is 30.6 Å². The topological polar surface area (TPSA) is 89.8 Å². The molecule has 34 heavy (non-hydrogen) atoms. The zero-order valence-electron chi connectivity index (χ0n) is 19.4. The zero-order chi connectivity index (χ0) is 23.5. The smallest absolute Gasteiger partial charge is 0.266 e. The van der Waals surface area contributed by atoms with Crippen LogP contribution in [0, 0.1) is 24.2 Å². The number of piperidine rings is 1. The van der Waals surface area contributed by atoms with Gasteiger partial charge in [0.2, 0.25) is 17.5 Å². The Morgan fingerprint density at radius 3 is 2.53 bits per heavy atom. The van der Waals surface area contributed by atoms with Gasteiger partial charge in [0.15, 0.2) is 5.76 Å². The number of amides is 1. The molecule has 4 heterocycles. The summed E-state index contributed by atoms with van der Waals surface area (Å²) in [6, 6.07) is 14.1. The van der Waals surface area contributed by atoms with Crippen molar-refractivity contribution in [2.45, 2.75) is 26.3 Å². The van der Waals surface area contributed by atoms with Gasteiger partial charge in [-0.25, -0.2) is 0 Å². The molecule has 0 N–H and O–H groups in total. The highest BCUT2D eigenvalue weighted by atomic mass is 16.4. The molecule has 2 aromatic heterocycles. The molecule has 2 saturated heterocycles. The molecule has 2 fully saturated rings.